The number of carboxylic acid groups (broad SMARTS) is 1. The lowest BCUT2D eigenvalue weighted by Gasteiger charge is -2.27. The van der Waals surface area contributed by atoms with Crippen LogP contribution >= 0.6 is 19.6 Å². The van der Waals surface area contributed by atoms with E-state index in [4.69, 9.17) is 19.9 Å². The van der Waals surface area contributed by atoms with Gasteiger partial charge < -0.3 is 35.7 Å². The van der Waals surface area contributed by atoms with Gasteiger partial charge in [0.15, 0.2) is 0 Å². The Morgan fingerprint density at radius 1 is 0.750 bits per heavy atom. The zero-order valence-corrected chi connectivity index (χ0v) is 39.8. The number of aliphatic carboxylic acids is 1. The van der Waals surface area contributed by atoms with Crippen LogP contribution in [0.3, 0.4) is 0 Å². The fraction of sp³-hybridized carbons (Fsp3) is 0.783. The van der Waals surface area contributed by atoms with E-state index < -0.39 is 55.8 Å². The Morgan fingerprint density at radius 2 is 1.32 bits per heavy atom. The number of nitrogens with zero attached hydrogens (tertiary/aromatic N) is 1. The first-order chi connectivity index (χ1) is 28.6. The number of carbonyl (C=O) groups excluding carboxylic acids is 1. The highest BCUT2D eigenvalue weighted by atomic mass is 32.2. The number of aliphatic hydroxyl groups is 2. The molecule has 60 heavy (non-hydrogen) atoms. The molecule has 0 fully saturated rings. The molecule has 0 saturated carbocycles. The van der Waals surface area contributed by atoms with Crippen LogP contribution in [0.4, 0.5) is 0 Å². The minimum absolute atomic E-state index is 0.0149. The van der Waals surface area contributed by atoms with Gasteiger partial charge in [-0.3, -0.25) is 18.6 Å². The molecule has 0 bridgehead atoms. The van der Waals surface area contributed by atoms with Crippen LogP contribution in [0, 0.1) is 0 Å². The van der Waals surface area contributed by atoms with Crippen molar-refractivity contribution in [3.05, 3.63) is 48.6 Å². The van der Waals surface area contributed by atoms with Gasteiger partial charge in [0.05, 0.1) is 52.0 Å². The van der Waals surface area contributed by atoms with Crippen LogP contribution in [0.5, 0.6) is 0 Å². The zero-order valence-electron chi connectivity index (χ0n) is 38.1. The molecular formula is C46H87N3O9PS+. The van der Waals surface area contributed by atoms with Gasteiger partial charge in [-0.05, 0) is 38.5 Å². The number of unbranched alkanes of at least 4 members (excludes halogenated alkanes) is 15. The summed E-state index contributed by atoms with van der Waals surface area (Å²) in [4.78, 5) is 34.9. The zero-order chi connectivity index (χ0) is 44.9. The number of amides is 1. The summed E-state index contributed by atoms with van der Waals surface area (Å²) in [6.45, 7) is 4.43. The fourth-order valence-corrected chi connectivity index (χ4v) is 8.11. The van der Waals surface area contributed by atoms with E-state index in [1.807, 2.05) is 51.5 Å². The standard InChI is InChI=1S/C46H86N3O9PS/c1-6-8-10-12-14-16-18-20-21-23-25-27-29-32-42(50)41(38-58-59(55,56)57-37-36-49(3,4)5)48-46(54)40(47)39-60-44(43(51)33-31-35-45(52)53)34-30-28-26-24-22-19-17-15-13-11-9-7-2/h15,17,22,24,26,28,30,34,40-44,50-51H,6-14,16,18-21,23,25,27,29,31-33,35-39,47H2,1-5H3,(H2-,48,52,53,54,55,56)/p+1/b17-15-,24-22-,28-26+,34-30+/t40-,41-,42+,43-,44+/m0/s1. The normalized spacial score (nSPS) is 16.1. The Hall–Kier alpha value is -1.80. The van der Waals surface area contributed by atoms with E-state index in [2.05, 4.69) is 37.4 Å². The maximum atomic E-state index is 13.4. The number of aliphatic hydroxyl groups excluding tert-OH is 2. The maximum absolute atomic E-state index is 13.4. The number of carboxylic acids is 1. The molecule has 350 valence electrons. The van der Waals surface area contributed by atoms with Crippen LogP contribution in [-0.4, -0.2) is 113 Å². The molecule has 7 N–H and O–H groups in total. The number of hydrogen-bond acceptors (Lipinski definition) is 9. The van der Waals surface area contributed by atoms with Gasteiger partial charge in [0, 0.05) is 17.4 Å². The van der Waals surface area contributed by atoms with Crippen LogP contribution in [0.1, 0.15) is 155 Å². The first-order valence-electron chi connectivity index (χ1n) is 22.9. The predicted octanol–water partition coefficient (Wildman–Crippen LogP) is 9.39. The minimum Gasteiger partial charge on any atom is -0.481 e. The predicted molar refractivity (Wildman–Crippen MR) is 250 cm³/mol. The number of thioether (sulfide) groups is 1. The van der Waals surface area contributed by atoms with E-state index in [1.165, 1.54) is 88.8 Å². The molecule has 6 atom stereocenters. The number of allylic oxidation sites excluding steroid dienone is 7. The molecule has 14 heteroatoms. The largest absolute Gasteiger partial charge is 0.481 e. The van der Waals surface area contributed by atoms with E-state index in [0.717, 1.165) is 38.5 Å². The van der Waals surface area contributed by atoms with E-state index in [9.17, 15) is 29.3 Å². The van der Waals surface area contributed by atoms with E-state index in [-0.39, 0.29) is 25.2 Å². The molecule has 0 aliphatic heterocycles. The van der Waals surface area contributed by atoms with Crippen molar-refractivity contribution < 1.29 is 47.9 Å². The summed E-state index contributed by atoms with van der Waals surface area (Å²) >= 11 is 1.27. The first kappa shape index (κ1) is 58.2. The van der Waals surface area contributed by atoms with Gasteiger partial charge in [0.25, 0.3) is 0 Å². The van der Waals surface area contributed by atoms with Crippen LogP contribution in [-0.2, 0) is 23.2 Å². The topological polar surface area (TPSA) is 189 Å². The summed E-state index contributed by atoms with van der Waals surface area (Å²) in [6, 6.07) is -2.06. The molecule has 0 heterocycles. The van der Waals surface area contributed by atoms with Crippen molar-refractivity contribution in [2.45, 2.75) is 185 Å². The third kappa shape index (κ3) is 36.8. The summed E-state index contributed by atoms with van der Waals surface area (Å²) in [5.74, 6) is -1.40. The van der Waals surface area contributed by atoms with E-state index in [0.29, 0.717) is 23.9 Å². The Morgan fingerprint density at radius 3 is 1.92 bits per heavy atom. The Kier molecular flexibility index (Phi) is 36.6. The van der Waals surface area contributed by atoms with Gasteiger partial charge in [0.2, 0.25) is 5.91 Å². The van der Waals surface area contributed by atoms with Crippen LogP contribution in [0.15, 0.2) is 48.6 Å². The van der Waals surface area contributed by atoms with Gasteiger partial charge in [0.1, 0.15) is 13.2 Å². The van der Waals surface area contributed by atoms with Crippen molar-refractivity contribution >= 4 is 31.5 Å². The number of nitrogens with one attached hydrogen (secondary N) is 1. The van der Waals surface area contributed by atoms with Crippen LogP contribution < -0.4 is 11.1 Å². The lowest BCUT2D eigenvalue weighted by Crippen LogP contribution is -2.52. The lowest BCUT2D eigenvalue weighted by atomic mass is 10.0. The van der Waals surface area contributed by atoms with Crippen molar-refractivity contribution in [2.75, 3.05) is 46.7 Å². The molecule has 1 unspecified atom stereocenters. The van der Waals surface area contributed by atoms with Gasteiger partial charge in [-0.25, -0.2) is 4.57 Å². The highest BCUT2D eigenvalue weighted by Gasteiger charge is 2.30. The molecule has 0 aromatic carbocycles. The molecule has 0 radical (unpaired) electrons. The van der Waals surface area contributed by atoms with E-state index >= 15 is 0 Å². The summed E-state index contributed by atoms with van der Waals surface area (Å²) in [5, 5.41) is 33.5. The van der Waals surface area contributed by atoms with E-state index in [1.54, 1.807) is 0 Å². The Balaban J connectivity index is 5.37. The van der Waals surface area contributed by atoms with Crippen LogP contribution in [0.2, 0.25) is 0 Å². The maximum Gasteiger partial charge on any atom is 0.472 e. The number of phosphoric acid groups is 1. The smallest absolute Gasteiger partial charge is 0.472 e. The van der Waals surface area contributed by atoms with Crippen LogP contribution in [0.25, 0.3) is 0 Å². The number of quaternary nitrogens is 1. The van der Waals surface area contributed by atoms with Gasteiger partial charge in [-0.15, -0.1) is 11.8 Å². The molecule has 0 rings (SSSR count). The van der Waals surface area contributed by atoms with Crippen molar-refractivity contribution in [3.8, 4) is 0 Å². The third-order valence-corrected chi connectivity index (χ3v) is 12.5. The average Bonchev–Trinajstić information content (AvgIpc) is 3.18. The quantitative estimate of drug-likeness (QED) is 0.0113. The molecule has 0 aromatic heterocycles. The second kappa shape index (κ2) is 37.7. The monoisotopic (exact) mass is 889 g/mol. The number of likely N-dealkylation sites (N-methyl/N-ethyl adjacent to an activating group) is 1. The number of nitrogens with two attached hydrogens (primary N) is 1. The number of rotatable bonds is 41. The molecule has 12 nitrogen and oxygen atoms in total. The summed E-state index contributed by atoms with van der Waals surface area (Å²) in [6.07, 6.45) is 35.7. The van der Waals surface area contributed by atoms with Gasteiger partial charge in [-0.2, -0.15) is 0 Å². The Bertz CT molecular complexity index is 1240. The molecule has 0 saturated heterocycles. The third-order valence-electron chi connectivity index (χ3n) is 10.1. The highest BCUT2D eigenvalue weighted by Crippen LogP contribution is 2.43. The number of carbonyl (C=O) groups is 2. The first-order valence-corrected chi connectivity index (χ1v) is 25.5. The van der Waals surface area contributed by atoms with Crippen molar-refractivity contribution in [3.63, 3.8) is 0 Å². The second-order valence-corrected chi connectivity index (χ2v) is 19.6. The van der Waals surface area contributed by atoms with Crippen molar-refractivity contribution in [2.24, 2.45) is 5.73 Å². The molecule has 0 aromatic rings. The summed E-state index contributed by atoms with van der Waals surface area (Å²) in [7, 11) is 1.31. The van der Waals surface area contributed by atoms with Crippen molar-refractivity contribution in [1.29, 1.82) is 0 Å². The molecule has 0 aliphatic carbocycles. The summed E-state index contributed by atoms with van der Waals surface area (Å²) in [5.41, 5.74) is 6.34. The number of hydrogen-bond donors (Lipinski definition) is 6. The molecule has 0 spiro atoms. The highest BCUT2D eigenvalue weighted by molar-refractivity contribution is 8.00. The van der Waals surface area contributed by atoms with Gasteiger partial charge >= 0.3 is 13.8 Å². The average molecular weight is 889 g/mol. The SMILES string of the molecule is CCCCC/C=C\C\C=C/C=C/C=C/[C@@H](SC[C@H](N)C(=O)N[C@@H](COP(=O)(O)OCC[N+](C)(C)C)[C@H](O)CCCCCCCCCCCCCCC)[C@@H](O)CCCC(=O)O. The van der Waals surface area contributed by atoms with Crippen molar-refractivity contribution in [1.82, 2.24) is 5.32 Å². The molecule has 0 aliphatic rings. The minimum atomic E-state index is -4.47. The molecular weight excluding hydrogens is 802 g/mol. The second-order valence-electron chi connectivity index (χ2n) is 17.0. The van der Waals surface area contributed by atoms with Gasteiger partial charge in [-0.1, -0.05) is 159 Å². The lowest BCUT2D eigenvalue weighted by molar-refractivity contribution is -0.870. The summed E-state index contributed by atoms with van der Waals surface area (Å²) < 4.78 is 23.7. The molecule has 1 amide bonds. The Labute approximate surface area is 369 Å². The number of phosphoric ester groups is 1. The fourth-order valence-electron chi connectivity index (χ4n) is 6.23.